The lowest BCUT2D eigenvalue weighted by Gasteiger charge is -2.51. The van der Waals surface area contributed by atoms with Gasteiger partial charge in [0.1, 0.15) is 0 Å². The molecule has 20 heavy (non-hydrogen) atoms. The zero-order valence-electron chi connectivity index (χ0n) is 13.4. The predicted molar refractivity (Wildman–Crippen MR) is 82.0 cm³/mol. The standard InChI is InChI=1S/C16H27N3O/c1-6-16(4)11-17-15(2,3)12-19(16)10-13-8-7-9-14(18-13)20-5/h7-9,17H,6,10-12H2,1-5H3. The van der Waals surface area contributed by atoms with Gasteiger partial charge in [0, 0.05) is 36.8 Å². The molecular formula is C16H27N3O. The number of nitrogens with one attached hydrogen (secondary N) is 1. The Morgan fingerprint density at radius 2 is 2.10 bits per heavy atom. The van der Waals surface area contributed by atoms with Crippen LogP contribution in [0.25, 0.3) is 0 Å². The number of aromatic nitrogens is 1. The lowest BCUT2D eigenvalue weighted by molar-refractivity contribution is 0.0165. The normalized spacial score (nSPS) is 26.4. The molecule has 0 radical (unpaired) electrons. The number of pyridine rings is 1. The third-order valence-corrected chi connectivity index (χ3v) is 4.40. The predicted octanol–water partition coefficient (Wildman–Crippen LogP) is 2.44. The van der Waals surface area contributed by atoms with Crippen LogP contribution in [0, 0.1) is 0 Å². The molecule has 1 atom stereocenters. The Hall–Kier alpha value is -1.13. The Morgan fingerprint density at radius 1 is 1.35 bits per heavy atom. The van der Waals surface area contributed by atoms with Crippen LogP contribution < -0.4 is 10.1 Å². The Bertz CT molecular complexity index is 461. The van der Waals surface area contributed by atoms with Crippen molar-refractivity contribution in [1.82, 2.24) is 15.2 Å². The minimum absolute atomic E-state index is 0.146. The summed E-state index contributed by atoms with van der Waals surface area (Å²) < 4.78 is 5.22. The van der Waals surface area contributed by atoms with Gasteiger partial charge < -0.3 is 10.1 Å². The summed E-state index contributed by atoms with van der Waals surface area (Å²) in [5, 5.41) is 3.65. The smallest absolute Gasteiger partial charge is 0.213 e. The van der Waals surface area contributed by atoms with Crippen molar-refractivity contribution in [3.63, 3.8) is 0 Å². The molecule has 2 heterocycles. The van der Waals surface area contributed by atoms with E-state index in [1.165, 1.54) is 0 Å². The SMILES string of the molecule is CCC1(C)CNC(C)(C)CN1Cc1cccc(OC)n1. The highest BCUT2D eigenvalue weighted by atomic mass is 16.5. The summed E-state index contributed by atoms with van der Waals surface area (Å²) in [6, 6.07) is 5.98. The molecule has 2 rings (SSSR count). The average molecular weight is 277 g/mol. The first-order valence-corrected chi connectivity index (χ1v) is 7.38. The topological polar surface area (TPSA) is 37.4 Å². The van der Waals surface area contributed by atoms with E-state index in [1.807, 2.05) is 12.1 Å². The fourth-order valence-electron chi connectivity index (χ4n) is 2.72. The van der Waals surface area contributed by atoms with Crippen molar-refractivity contribution in [2.45, 2.75) is 51.7 Å². The van der Waals surface area contributed by atoms with Gasteiger partial charge in [0.25, 0.3) is 0 Å². The van der Waals surface area contributed by atoms with Crippen molar-refractivity contribution < 1.29 is 4.74 Å². The third-order valence-electron chi connectivity index (χ3n) is 4.40. The molecule has 0 saturated carbocycles. The van der Waals surface area contributed by atoms with Gasteiger partial charge >= 0.3 is 0 Å². The summed E-state index contributed by atoms with van der Waals surface area (Å²) in [7, 11) is 1.66. The number of hydrogen-bond acceptors (Lipinski definition) is 4. The average Bonchev–Trinajstić information content (AvgIpc) is 2.43. The fourth-order valence-corrected chi connectivity index (χ4v) is 2.72. The molecule has 4 heteroatoms. The summed E-state index contributed by atoms with van der Waals surface area (Å²) >= 11 is 0. The van der Waals surface area contributed by atoms with Crippen LogP contribution in [0.2, 0.25) is 0 Å². The van der Waals surface area contributed by atoms with Gasteiger partial charge in [-0.25, -0.2) is 4.98 Å². The van der Waals surface area contributed by atoms with Gasteiger partial charge in [-0.15, -0.1) is 0 Å². The van der Waals surface area contributed by atoms with Gasteiger partial charge in [-0.2, -0.15) is 0 Å². The number of nitrogens with zero attached hydrogens (tertiary/aromatic N) is 2. The minimum Gasteiger partial charge on any atom is -0.481 e. The molecule has 1 unspecified atom stereocenters. The molecule has 112 valence electrons. The van der Waals surface area contributed by atoms with E-state index in [0.29, 0.717) is 5.88 Å². The van der Waals surface area contributed by atoms with Gasteiger partial charge in [-0.3, -0.25) is 4.90 Å². The Labute approximate surface area is 122 Å². The molecule has 0 aliphatic carbocycles. The summed E-state index contributed by atoms with van der Waals surface area (Å²) in [5.41, 5.74) is 1.40. The highest BCUT2D eigenvalue weighted by molar-refractivity contribution is 5.16. The number of piperazine rings is 1. The van der Waals surface area contributed by atoms with E-state index in [4.69, 9.17) is 4.74 Å². The molecule has 4 nitrogen and oxygen atoms in total. The summed E-state index contributed by atoms with van der Waals surface area (Å²) in [4.78, 5) is 7.10. The van der Waals surface area contributed by atoms with Crippen LogP contribution in [0.4, 0.5) is 0 Å². The summed E-state index contributed by atoms with van der Waals surface area (Å²) in [6.07, 6.45) is 1.13. The van der Waals surface area contributed by atoms with Gasteiger partial charge in [0.05, 0.1) is 12.8 Å². The van der Waals surface area contributed by atoms with Crippen LogP contribution in [0.1, 0.15) is 39.8 Å². The highest BCUT2D eigenvalue weighted by Gasteiger charge is 2.39. The quantitative estimate of drug-likeness (QED) is 0.917. The van der Waals surface area contributed by atoms with E-state index in [9.17, 15) is 0 Å². The van der Waals surface area contributed by atoms with Gasteiger partial charge in [0.15, 0.2) is 0 Å². The Balaban J connectivity index is 2.18. The number of methoxy groups -OCH3 is 1. The number of ether oxygens (including phenoxy) is 1. The second-order valence-electron chi connectivity index (χ2n) is 6.62. The van der Waals surface area contributed by atoms with Crippen molar-refractivity contribution in [1.29, 1.82) is 0 Å². The van der Waals surface area contributed by atoms with E-state index in [2.05, 4.69) is 49.0 Å². The van der Waals surface area contributed by atoms with E-state index in [1.54, 1.807) is 7.11 Å². The third kappa shape index (κ3) is 3.30. The molecule has 1 aromatic heterocycles. The van der Waals surface area contributed by atoms with Crippen LogP contribution in [-0.4, -0.2) is 41.2 Å². The van der Waals surface area contributed by atoms with E-state index in [-0.39, 0.29) is 11.1 Å². The van der Waals surface area contributed by atoms with Crippen LogP contribution >= 0.6 is 0 Å². The Morgan fingerprint density at radius 3 is 2.75 bits per heavy atom. The first-order chi connectivity index (χ1) is 9.38. The second kappa shape index (κ2) is 5.70. The van der Waals surface area contributed by atoms with Gasteiger partial charge in [-0.05, 0) is 33.3 Å². The van der Waals surface area contributed by atoms with E-state index < -0.39 is 0 Å². The van der Waals surface area contributed by atoms with Crippen LogP contribution in [0.5, 0.6) is 5.88 Å². The van der Waals surface area contributed by atoms with Crippen molar-refractivity contribution in [3.8, 4) is 5.88 Å². The number of hydrogen-bond donors (Lipinski definition) is 1. The fraction of sp³-hybridized carbons (Fsp3) is 0.688. The molecule has 0 spiro atoms. The van der Waals surface area contributed by atoms with Crippen LogP contribution in [0.3, 0.4) is 0 Å². The van der Waals surface area contributed by atoms with Crippen molar-refractivity contribution in [3.05, 3.63) is 23.9 Å². The largest absolute Gasteiger partial charge is 0.481 e. The first kappa shape index (κ1) is 15.3. The summed E-state index contributed by atoms with van der Waals surface area (Å²) in [5.74, 6) is 0.690. The first-order valence-electron chi connectivity index (χ1n) is 7.38. The molecule has 0 aromatic carbocycles. The maximum Gasteiger partial charge on any atom is 0.213 e. The molecule has 1 aliphatic heterocycles. The van der Waals surface area contributed by atoms with Crippen LogP contribution in [0.15, 0.2) is 18.2 Å². The molecule has 1 N–H and O–H groups in total. The van der Waals surface area contributed by atoms with E-state index >= 15 is 0 Å². The zero-order chi connectivity index (χ0) is 14.8. The van der Waals surface area contributed by atoms with Crippen LogP contribution in [-0.2, 0) is 6.54 Å². The van der Waals surface area contributed by atoms with E-state index in [0.717, 1.165) is 31.7 Å². The molecule has 0 bridgehead atoms. The molecule has 1 aromatic rings. The molecule has 1 saturated heterocycles. The maximum atomic E-state index is 5.22. The van der Waals surface area contributed by atoms with Crippen molar-refractivity contribution in [2.24, 2.45) is 0 Å². The maximum absolute atomic E-state index is 5.22. The second-order valence-corrected chi connectivity index (χ2v) is 6.62. The Kier molecular flexibility index (Phi) is 4.35. The molecule has 1 fully saturated rings. The number of rotatable bonds is 4. The molecule has 0 amide bonds. The summed E-state index contributed by atoms with van der Waals surface area (Å²) in [6.45, 7) is 12.0. The monoisotopic (exact) mass is 277 g/mol. The minimum atomic E-state index is 0.146. The molecule has 1 aliphatic rings. The van der Waals surface area contributed by atoms with Crippen molar-refractivity contribution in [2.75, 3.05) is 20.2 Å². The van der Waals surface area contributed by atoms with Gasteiger partial charge in [-0.1, -0.05) is 13.0 Å². The highest BCUT2D eigenvalue weighted by Crippen LogP contribution is 2.28. The molecular weight excluding hydrogens is 250 g/mol. The lowest BCUT2D eigenvalue weighted by atomic mass is 9.88. The van der Waals surface area contributed by atoms with Crippen molar-refractivity contribution >= 4 is 0 Å². The van der Waals surface area contributed by atoms with Gasteiger partial charge in [0.2, 0.25) is 5.88 Å². The zero-order valence-corrected chi connectivity index (χ0v) is 13.4. The lowest BCUT2D eigenvalue weighted by Crippen LogP contribution is -2.66.